The first-order valence-corrected chi connectivity index (χ1v) is 6.01. The summed E-state index contributed by atoms with van der Waals surface area (Å²) in [5.41, 5.74) is 2.66. The monoisotopic (exact) mass is 220 g/mol. The Balaban J connectivity index is 2.03. The second-order valence-electron chi connectivity index (χ2n) is 5.04. The van der Waals surface area contributed by atoms with Crippen molar-refractivity contribution in [1.82, 2.24) is 0 Å². The summed E-state index contributed by atoms with van der Waals surface area (Å²) < 4.78 is 5.78. The van der Waals surface area contributed by atoms with E-state index in [-0.39, 0.29) is 12.2 Å². The Labute approximate surface area is 97.3 Å². The molecule has 0 radical (unpaired) electrons. The lowest BCUT2D eigenvalue weighted by molar-refractivity contribution is -0.0108. The molecule has 88 valence electrons. The average Bonchev–Trinajstić information content (AvgIpc) is 2.15. The molecule has 0 unspecified atom stereocenters. The smallest absolute Gasteiger partial charge is 0.120 e. The van der Waals surface area contributed by atoms with Gasteiger partial charge in [0.15, 0.2) is 0 Å². The SMILES string of the molecule is Cc1cc(OC2CC(O)C2)ccc1C(C)C. The lowest BCUT2D eigenvalue weighted by atomic mass is 9.92. The van der Waals surface area contributed by atoms with E-state index in [0.717, 1.165) is 18.6 Å². The third-order valence-electron chi connectivity index (χ3n) is 3.24. The highest BCUT2D eigenvalue weighted by Crippen LogP contribution is 2.28. The highest BCUT2D eigenvalue weighted by molar-refractivity contribution is 5.36. The minimum atomic E-state index is -0.152. The summed E-state index contributed by atoms with van der Waals surface area (Å²) in [5.74, 6) is 1.48. The standard InChI is InChI=1S/C14H20O2/c1-9(2)14-5-4-12(6-10(14)3)16-13-7-11(15)8-13/h4-6,9,11,13,15H,7-8H2,1-3H3. The highest BCUT2D eigenvalue weighted by Gasteiger charge is 2.28. The second-order valence-corrected chi connectivity index (χ2v) is 5.04. The van der Waals surface area contributed by atoms with E-state index in [1.165, 1.54) is 11.1 Å². The lowest BCUT2D eigenvalue weighted by Gasteiger charge is -2.31. The van der Waals surface area contributed by atoms with Gasteiger partial charge in [0.05, 0.1) is 6.10 Å². The van der Waals surface area contributed by atoms with Crippen molar-refractivity contribution in [3.63, 3.8) is 0 Å². The van der Waals surface area contributed by atoms with Crippen molar-refractivity contribution < 1.29 is 9.84 Å². The van der Waals surface area contributed by atoms with Crippen molar-refractivity contribution >= 4 is 0 Å². The molecule has 0 amide bonds. The highest BCUT2D eigenvalue weighted by atomic mass is 16.5. The number of aliphatic hydroxyl groups excluding tert-OH is 1. The van der Waals surface area contributed by atoms with Gasteiger partial charge in [0.2, 0.25) is 0 Å². The predicted molar refractivity (Wildman–Crippen MR) is 64.9 cm³/mol. The van der Waals surface area contributed by atoms with E-state index in [0.29, 0.717) is 5.92 Å². The molecule has 16 heavy (non-hydrogen) atoms. The number of hydrogen-bond donors (Lipinski definition) is 1. The van der Waals surface area contributed by atoms with Crippen LogP contribution in [0.15, 0.2) is 18.2 Å². The van der Waals surface area contributed by atoms with Crippen LogP contribution in [0.25, 0.3) is 0 Å². The number of benzene rings is 1. The van der Waals surface area contributed by atoms with Gasteiger partial charge in [0, 0.05) is 12.8 Å². The quantitative estimate of drug-likeness (QED) is 0.848. The maximum Gasteiger partial charge on any atom is 0.120 e. The minimum Gasteiger partial charge on any atom is -0.490 e. The summed E-state index contributed by atoms with van der Waals surface area (Å²) in [6.45, 7) is 6.52. The zero-order valence-electron chi connectivity index (χ0n) is 10.2. The third kappa shape index (κ3) is 2.38. The molecule has 0 saturated heterocycles. The zero-order valence-corrected chi connectivity index (χ0v) is 10.2. The van der Waals surface area contributed by atoms with Crippen LogP contribution in [0.3, 0.4) is 0 Å². The molecule has 1 N–H and O–H groups in total. The Kier molecular flexibility index (Phi) is 3.20. The van der Waals surface area contributed by atoms with Crippen molar-refractivity contribution in [3.05, 3.63) is 29.3 Å². The molecule has 0 heterocycles. The molecule has 1 saturated carbocycles. The maximum atomic E-state index is 9.19. The molecule has 1 aliphatic rings. The molecule has 0 bridgehead atoms. The second kappa shape index (κ2) is 4.46. The van der Waals surface area contributed by atoms with Gasteiger partial charge in [-0.1, -0.05) is 19.9 Å². The first-order chi connectivity index (χ1) is 7.56. The van der Waals surface area contributed by atoms with Crippen LogP contribution in [-0.4, -0.2) is 17.3 Å². The lowest BCUT2D eigenvalue weighted by Crippen LogP contribution is -2.37. The normalized spacial score (nSPS) is 24.3. The number of aliphatic hydroxyl groups is 1. The molecule has 1 aromatic rings. The Morgan fingerprint density at radius 1 is 1.31 bits per heavy atom. The molecule has 2 heteroatoms. The molecule has 2 nitrogen and oxygen atoms in total. The molecule has 0 aromatic heterocycles. The fourth-order valence-corrected chi connectivity index (χ4v) is 2.20. The molecule has 1 aromatic carbocycles. The van der Waals surface area contributed by atoms with E-state index in [2.05, 4.69) is 32.9 Å². The van der Waals surface area contributed by atoms with Crippen molar-refractivity contribution in [3.8, 4) is 5.75 Å². The van der Waals surface area contributed by atoms with E-state index >= 15 is 0 Å². The van der Waals surface area contributed by atoms with Crippen LogP contribution >= 0.6 is 0 Å². The molecule has 0 atom stereocenters. The van der Waals surface area contributed by atoms with Gasteiger partial charge in [0.25, 0.3) is 0 Å². The zero-order chi connectivity index (χ0) is 11.7. The number of ether oxygens (including phenoxy) is 1. The van der Waals surface area contributed by atoms with Crippen LogP contribution < -0.4 is 4.74 Å². The van der Waals surface area contributed by atoms with Crippen LogP contribution in [-0.2, 0) is 0 Å². The van der Waals surface area contributed by atoms with Crippen LogP contribution in [0.2, 0.25) is 0 Å². The summed E-state index contributed by atoms with van der Waals surface area (Å²) >= 11 is 0. The average molecular weight is 220 g/mol. The van der Waals surface area contributed by atoms with Gasteiger partial charge in [-0.2, -0.15) is 0 Å². The molecule has 0 aliphatic heterocycles. The number of rotatable bonds is 3. The summed E-state index contributed by atoms with van der Waals surface area (Å²) in [5, 5.41) is 9.19. The number of aryl methyl sites for hydroxylation is 1. The van der Waals surface area contributed by atoms with Crippen molar-refractivity contribution in [1.29, 1.82) is 0 Å². The van der Waals surface area contributed by atoms with Crippen LogP contribution in [0.4, 0.5) is 0 Å². The molecular weight excluding hydrogens is 200 g/mol. The predicted octanol–water partition coefficient (Wildman–Crippen LogP) is 3.02. The first kappa shape index (κ1) is 11.5. The Bertz CT molecular complexity index is 365. The largest absolute Gasteiger partial charge is 0.490 e. The molecular formula is C14H20O2. The van der Waals surface area contributed by atoms with Crippen LogP contribution in [0.1, 0.15) is 43.7 Å². The Hall–Kier alpha value is -1.02. The fraction of sp³-hybridized carbons (Fsp3) is 0.571. The fourth-order valence-electron chi connectivity index (χ4n) is 2.20. The van der Waals surface area contributed by atoms with Crippen molar-refractivity contribution in [2.75, 3.05) is 0 Å². The van der Waals surface area contributed by atoms with Gasteiger partial charge < -0.3 is 9.84 Å². The van der Waals surface area contributed by atoms with Gasteiger partial charge in [-0.25, -0.2) is 0 Å². The van der Waals surface area contributed by atoms with Gasteiger partial charge in [-0.3, -0.25) is 0 Å². The summed E-state index contributed by atoms with van der Waals surface area (Å²) in [6, 6.07) is 6.28. The van der Waals surface area contributed by atoms with Gasteiger partial charge in [0.1, 0.15) is 11.9 Å². The Morgan fingerprint density at radius 2 is 2.00 bits per heavy atom. The Morgan fingerprint density at radius 3 is 2.50 bits per heavy atom. The molecule has 2 rings (SSSR count). The van der Waals surface area contributed by atoms with Gasteiger partial charge in [-0.15, -0.1) is 0 Å². The number of hydrogen-bond acceptors (Lipinski definition) is 2. The molecule has 0 spiro atoms. The van der Waals surface area contributed by atoms with E-state index in [1.54, 1.807) is 0 Å². The first-order valence-electron chi connectivity index (χ1n) is 6.01. The van der Waals surface area contributed by atoms with Crippen molar-refractivity contribution in [2.45, 2.75) is 51.7 Å². The van der Waals surface area contributed by atoms with Gasteiger partial charge in [-0.05, 0) is 36.1 Å². The molecule has 1 aliphatic carbocycles. The van der Waals surface area contributed by atoms with E-state index in [1.807, 2.05) is 6.07 Å². The van der Waals surface area contributed by atoms with E-state index in [4.69, 9.17) is 4.74 Å². The third-order valence-corrected chi connectivity index (χ3v) is 3.24. The van der Waals surface area contributed by atoms with E-state index in [9.17, 15) is 5.11 Å². The molecule has 1 fully saturated rings. The summed E-state index contributed by atoms with van der Waals surface area (Å²) in [6.07, 6.45) is 1.59. The van der Waals surface area contributed by atoms with Crippen molar-refractivity contribution in [2.24, 2.45) is 0 Å². The maximum absolute atomic E-state index is 9.19. The summed E-state index contributed by atoms with van der Waals surface area (Å²) in [4.78, 5) is 0. The van der Waals surface area contributed by atoms with E-state index < -0.39 is 0 Å². The van der Waals surface area contributed by atoms with Gasteiger partial charge >= 0.3 is 0 Å². The minimum absolute atomic E-state index is 0.152. The summed E-state index contributed by atoms with van der Waals surface area (Å²) in [7, 11) is 0. The van der Waals surface area contributed by atoms with Crippen LogP contribution in [0, 0.1) is 6.92 Å². The van der Waals surface area contributed by atoms with Crippen LogP contribution in [0.5, 0.6) is 5.75 Å². The topological polar surface area (TPSA) is 29.5 Å².